The Morgan fingerprint density at radius 3 is 2.52 bits per heavy atom. The topological polar surface area (TPSA) is 65.3 Å². The maximum Gasteiger partial charge on any atom is 0.364 e. The summed E-state index contributed by atoms with van der Waals surface area (Å²) in [6, 6.07) is 16.3. The second-order valence-electron chi connectivity index (χ2n) is 4.53. The number of benzene rings is 2. The second-order valence-corrected chi connectivity index (χ2v) is 4.53. The van der Waals surface area contributed by atoms with Crippen LogP contribution in [0, 0.1) is 10.1 Å². The van der Waals surface area contributed by atoms with Gasteiger partial charge in [0.15, 0.2) is 5.52 Å². The molecule has 0 amide bonds. The van der Waals surface area contributed by atoms with Gasteiger partial charge in [-0.25, -0.2) is 0 Å². The van der Waals surface area contributed by atoms with Crippen LogP contribution >= 0.6 is 0 Å². The number of nitrogens with zero attached hydrogens (tertiary/aromatic N) is 2. The Hall–Kier alpha value is -2.95. The van der Waals surface area contributed by atoms with Crippen molar-refractivity contribution in [1.82, 2.24) is 4.98 Å². The highest BCUT2D eigenvalue weighted by atomic mass is 16.6. The molecule has 0 aliphatic heterocycles. The van der Waals surface area contributed by atoms with Crippen LogP contribution in [-0.4, -0.2) is 17.0 Å². The first-order valence-electron chi connectivity index (χ1n) is 6.37. The molecule has 3 rings (SSSR count). The summed E-state index contributed by atoms with van der Waals surface area (Å²) in [5.41, 5.74) is 2.25. The molecule has 3 aromatic rings. The zero-order chi connectivity index (χ0) is 14.8. The molecule has 5 nitrogen and oxygen atoms in total. The fourth-order valence-electron chi connectivity index (χ4n) is 2.27. The lowest BCUT2D eigenvalue weighted by Gasteiger charge is -2.07. The minimum absolute atomic E-state index is 0.161. The second kappa shape index (κ2) is 5.20. The zero-order valence-electron chi connectivity index (χ0n) is 11.3. The van der Waals surface area contributed by atoms with E-state index in [1.165, 1.54) is 6.07 Å². The van der Waals surface area contributed by atoms with E-state index in [0.29, 0.717) is 11.3 Å². The molecule has 0 N–H and O–H groups in total. The van der Waals surface area contributed by atoms with Gasteiger partial charge < -0.3 is 14.9 Å². The van der Waals surface area contributed by atoms with Gasteiger partial charge in [-0.05, 0) is 33.7 Å². The average Bonchev–Trinajstić information content (AvgIpc) is 2.54. The Morgan fingerprint density at radius 1 is 1.10 bits per heavy atom. The molecule has 1 heterocycles. The van der Waals surface area contributed by atoms with Crippen molar-refractivity contribution in [2.75, 3.05) is 7.11 Å². The smallest absolute Gasteiger partial charge is 0.364 e. The summed E-state index contributed by atoms with van der Waals surface area (Å²) >= 11 is 0. The van der Waals surface area contributed by atoms with Crippen LogP contribution in [0.5, 0.6) is 5.75 Å². The fourth-order valence-corrected chi connectivity index (χ4v) is 2.27. The maximum absolute atomic E-state index is 11.1. The largest absolute Gasteiger partial charge is 0.497 e. The Morgan fingerprint density at radius 2 is 1.86 bits per heavy atom. The predicted molar refractivity (Wildman–Crippen MR) is 80.4 cm³/mol. The van der Waals surface area contributed by atoms with Crippen molar-refractivity contribution in [2.24, 2.45) is 0 Å². The summed E-state index contributed by atoms with van der Waals surface area (Å²) in [5.74, 6) is 0.529. The van der Waals surface area contributed by atoms with Crippen LogP contribution in [0.25, 0.3) is 22.0 Å². The Balaban J connectivity index is 2.35. The summed E-state index contributed by atoms with van der Waals surface area (Å²) in [5, 5.41) is 11.9. The van der Waals surface area contributed by atoms with Crippen molar-refractivity contribution in [3.05, 3.63) is 64.7 Å². The number of nitro groups is 1. The number of fused-ring (bicyclic) bond motifs is 1. The van der Waals surface area contributed by atoms with Gasteiger partial charge in [-0.15, -0.1) is 0 Å². The molecule has 0 spiro atoms. The third-order valence-corrected chi connectivity index (χ3v) is 3.27. The number of ether oxygens (including phenoxy) is 1. The van der Waals surface area contributed by atoms with Crippen molar-refractivity contribution >= 4 is 16.7 Å². The third-order valence-electron chi connectivity index (χ3n) is 3.27. The van der Waals surface area contributed by atoms with Crippen LogP contribution in [0.3, 0.4) is 0 Å². The van der Waals surface area contributed by atoms with Gasteiger partial charge in [0.25, 0.3) is 0 Å². The highest BCUT2D eigenvalue weighted by Crippen LogP contribution is 2.32. The number of rotatable bonds is 3. The average molecular weight is 280 g/mol. The van der Waals surface area contributed by atoms with Crippen molar-refractivity contribution in [2.45, 2.75) is 0 Å². The van der Waals surface area contributed by atoms with Gasteiger partial charge in [0.1, 0.15) is 5.75 Å². The summed E-state index contributed by atoms with van der Waals surface area (Å²) < 4.78 is 5.23. The van der Waals surface area contributed by atoms with E-state index in [1.807, 2.05) is 36.4 Å². The molecule has 2 aromatic carbocycles. The maximum atomic E-state index is 11.1. The summed E-state index contributed by atoms with van der Waals surface area (Å²) in [6.45, 7) is 0. The highest BCUT2D eigenvalue weighted by Gasteiger charge is 2.16. The van der Waals surface area contributed by atoms with E-state index in [9.17, 15) is 10.1 Å². The molecule has 0 saturated heterocycles. The summed E-state index contributed by atoms with van der Waals surface area (Å²) in [6.07, 6.45) is 0. The lowest BCUT2D eigenvalue weighted by molar-refractivity contribution is -0.389. The third kappa shape index (κ3) is 2.41. The molecule has 0 aliphatic carbocycles. The van der Waals surface area contributed by atoms with Crippen LogP contribution in [0.15, 0.2) is 54.6 Å². The van der Waals surface area contributed by atoms with E-state index in [-0.39, 0.29) is 5.82 Å². The molecule has 0 aliphatic rings. The monoisotopic (exact) mass is 280 g/mol. The molecule has 21 heavy (non-hydrogen) atoms. The zero-order valence-corrected chi connectivity index (χ0v) is 11.3. The van der Waals surface area contributed by atoms with E-state index in [2.05, 4.69) is 4.98 Å². The molecule has 5 heteroatoms. The highest BCUT2D eigenvalue weighted by molar-refractivity contribution is 5.96. The molecule has 1 aromatic heterocycles. The van der Waals surface area contributed by atoms with Gasteiger partial charge in [-0.2, -0.15) is 0 Å². The first-order chi connectivity index (χ1) is 10.2. The van der Waals surface area contributed by atoms with Crippen LogP contribution in [0.2, 0.25) is 0 Å². The van der Waals surface area contributed by atoms with Crippen LogP contribution in [-0.2, 0) is 0 Å². The molecule has 0 saturated carbocycles. The first kappa shape index (κ1) is 13.1. The minimum Gasteiger partial charge on any atom is -0.497 e. The van der Waals surface area contributed by atoms with Gasteiger partial charge >= 0.3 is 5.82 Å². The molecule has 104 valence electrons. The minimum atomic E-state index is -0.476. The Bertz CT molecular complexity index is 816. The predicted octanol–water partition coefficient (Wildman–Crippen LogP) is 3.82. The van der Waals surface area contributed by atoms with Crippen molar-refractivity contribution in [3.63, 3.8) is 0 Å². The van der Waals surface area contributed by atoms with E-state index >= 15 is 0 Å². The molecular weight excluding hydrogens is 268 g/mol. The lowest BCUT2D eigenvalue weighted by Crippen LogP contribution is -1.95. The Labute approximate surface area is 121 Å². The molecule has 0 bridgehead atoms. The number of pyridine rings is 1. The van der Waals surface area contributed by atoms with E-state index < -0.39 is 4.92 Å². The Kier molecular flexibility index (Phi) is 3.23. The van der Waals surface area contributed by atoms with Crippen molar-refractivity contribution < 1.29 is 9.66 Å². The van der Waals surface area contributed by atoms with Crippen molar-refractivity contribution in [1.29, 1.82) is 0 Å². The normalized spacial score (nSPS) is 10.5. The summed E-state index contributed by atoms with van der Waals surface area (Å²) in [4.78, 5) is 14.7. The number of aromatic nitrogens is 1. The SMILES string of the molecule is COc1ccc2nc([N+](=O)[O-])cc(-c3ccccc3)c2c1. The molecule has 0 radical (unpaired) electrons. The molecule has 0 fully saturated rings. The van der Waals surface area contributed by atoms with Gasteiger partial charge in [0.2, 0.25) is 0 Å². The first-order valence-corrected chi connectivity index (χ1v) is 6.37. The molecular formula is C16H12N2O3. The van der Waals surface area contributed by atoms with Gasteiger partial charge in [0, 0.05) is 17.0 Å². The quantitative estimate of drug-likeness (QED) is 0.540. The molecule has 0 unspecified atom stereocenters. The number of methoxy groups -OCH3 is 1. The standard InChI is InChI=1S/C16H12N2O3/c1-21-12-7-8-15-14(9-12)13(10-16(17-15)18(19)20)11-5-3-2-4-6-11/h2-10H,1H3. The van der Waals surface area contributed by atoms with Crippen LogP contribution < -0.4 is 4.74 Å². The van der Waals surface area contributed by atoms with Crippen LogP contribution in [0.1, 0.15) is 0 Å². The van der Waals surface area contributed by atoms with Gasteiger partial charge in [-0.1, -0.05) is 30.3 Å². The molecule has 0 atom stereocenters. The number of hydrogen-bond donors (Lipinski definition) is 0. The number of hydrogen-bond acceptors (Lipinski definition) is 4. The van der Waals surface area contributed by atoms with Crippen LogP contribution in [0.4, 0.5) is 5.82 Å². The van der Waals surface area contributed by atoms with Crippen molar-refractivity contribution in [3.8, 4) is 16.9 Å². The van der Waals surface area contributed by atoms with Gasteiger partial charge in [-0.3, -0.25) is 0 Å². The fraction of sp³-hybridized carbons (Fsp3) is 0.0625. The summed E-state index contributed by atoms with van der Waals surface area (Å²) in [7, 11) is 1.59. The van der Waals surface area contributed by atoms with E-state index in [4.69, 9.17) is 4.74 Å². The van der Waals surface area contributed by atoms with E-state index in [0.717, 1.165) is 16.5 Å². The van der Waals surface area contributed by atoms with E-state index in [1.54, 1.807) is 19.2 Å². The lowest BCUT2D eigenvalue weighted by atomic mass is 10.0. The van der Waals surface area contributed by atoms with Gasteiger partial charge in [0.05, 0.1) is 7.11 Å².